The lowest BCUT2D eigenvalue weighted by Gasteiger charge is -2.27. The summed E-state index contributed by atoms with van der Waals surface area (Å²) in [6, 6.07) is 5.73. The van der Waals surface area contributed by atoms with Gasteiger partial charge in [-0.05, 0) is 59.7 Å². The molecule has 9 heteroatoms. The van der Waals surface area contributed by atoms with Gasteiger partial charge in [-0.3, -0.25) is 9.36 Å². The Morgan fingerprint density at radius 3 is 2.61 bits per heavy atom. The Balaban J connectivity index is 1.86. The molecule has 0 saturated carbocycles. The molecule has 1 aliphatic rings. The molecule has 0 radical (unpaired) electrons. The second-order valence-corrected chi connectivity index (χ2v) is 11.6. The van der Waals surface area contributed by atoms with Gasteiger partial charge in [0.1, 0.15) is 16.4 Å². The van der Waals surface area contributed by atoms with E-state index in [9.17, 15) is 13.7 Å². The topological polar surface area (TPSA) is 92.1 Å². The summed E-state index contributed by atoms with van der Waals surface area (Å²) in [5.41, 5.74) is 2.15. The van der Waals surface area contributed by atoms with Gasteiger partial charge in [-0.1, -0.05) is 0 Å². The van der Waals surface area contributed by atoms with E-state index in [1.54, 1.807) is 17.6 Å². The number of benzene rings is 1. The van der Waals surface area contributed by atoms with Gasteiger partial charge < -0.3 is 9.29 Å². The quantitative estimate of drug-likeness (QED) is 0.563. The van der Waals surface area contributed by atoms with Crippen molar-refractivity contribution in [1.82, 2.24) is 19.3 Å². The van der Waals surface area contributed by atoms with E-state index in [0.717, 1.165) is 11.3 Å². The van der Waals surface area contributed by atoms with Crippen molar-refractivity contribution in [2.45, 2.75) is 71.4 Å². The van der Waals surface area contributed by atoms with Gasteiger partial charge in [0.25, 0.3) is 5.56 Å². The molecule has 0 fully saturated rings. The number of fused-ring (bicyclic) bond motifs is 4. The van der Waals surface area contributed by atoms with Crippen LogP contribution in [0.1, 0.15) is 58.8 Å². The number of hydrogen-bond acceptors (Lipinski definition) is 6. The molecular weight excluding hydrogens is 443 g/mol. The number of nitrogens with one attached hydrogen (secondary N) is 1. The third kappa shape index (κ3) is 4.62. The van der Waals surface area contributed by atoms with Crippen LogP contribution >= 0.6 is 0 Å². The van der Waals surface area contributed by atoms with Gasteiger partial charge in [-0.25, -0.2) is 14.4 Å². The normalized spacial score (nSPS) is 15.3. The molecule has 0 amide bonds. The zero-order valence-electron chi connectivity index (χ0n) is 19.7. The van der Waals surface area contributed by atoms with Crippen LogP contribution in [0.25, 0.3) is 22.3 Å². The summed E-state index contributed by atoms with van der Waals surface area (Å²) in [4.78, 5) is 22.8. The number of halogens is 1. The minimum Gasteiger partial charge on any atom is -0.598 e. The lowest BCUT2D eigenvalue weighted by molar-refractivity contribution is 0.232. The highest BCUT2D eigenvalue weighted by atomic mass is 32.2. The average Bonchev–Trinajstić information content (AvgIpc) is 2.72. The monoisotopic (exact) mass is 472 g/mol. The first-order valence-corrected chi connectivity index (χ1v) is 12.2. The van der Waals surface area contributed by atoms with Crippen molar-refractivity contribution in [2.24, 2.45) is 0 Å². The summed E-state index contributed by atoms with van der Waals surface area (Å²) in [6.45, 7) is 11.6. The van der Waals surface area contributed by atoms with Gasteiger partial charge >= 0.3 is 0 Å². The van der Waals surface area contributed by atoms with Crippen LogP contribution < -0.4 is 15.0 Å². The highest BCUT2D eigenvalue weighted by Crippen LogP contribution is 2.31. The molecule has 2 aromatic heterocycles. The molecule has 1 unspecified atom stereocenters. The number of hydrogen-bond donors (Lipinski definition) is 1. The highest BCUT2D eigenvalue weighted by Gasteiger charge is 2.30. The lowest BCUT2D eigenvalue weighted by atomic mass is 10.0. The van der Waals surface area contributed by atoms with Crippen molar-refractivity contribution in [3.63, 3.8) is 0 Å². The first-order chi connectivity index (χ1) is 15.5. The second-order valence-electron chi connectivity index (χ2n) is 9.56. The van der Waals surface area contributed by atoms with Crippen LogP contribution in [0.5, 0.6) is 5.88 Å². The van der Waals surface area contributed by atoms with Crippen LogP contribution in [0, 0.1) is 5.82 Å². The van der Waals surface area contributed by atoms with Crippen LogP contribution in [0.4, 0.5) is 4.39 Å². The van der Waals surface area contributed by atoms with Gasteiger partial charge in [-0.2, -0.15) is 0 Å². The highest BCUT2D eigenvalue weighted by molar-refractivity contribution is 7.90. The number of rotatable bonds is 5. The van der Waals surface area contributed by atoms with Gasteiger partial charge in [0, 0.05) is 41.5 Å². The molecule has 2 atom stereocenters. The fourth-order valence-electron chi connectivity index (χ4n) is 3.86. The maximum absolute atomic E-state index is 14.5. The molecule has 3 aromatic rings. The second kappa shape index (κ2) is 8.70. The van der Waals surface area contributed by atoms with Crippen molar-refractivity contribution < 1.29 is 13.7 Å². The molecular formula is C24H29FN4O3S. The number of aromatic nitrogens is 3. The fraction of sp³-hybridized carbons (Fsp3) is 0.458. The SMILES string of the molecule is CC(C)Oc1ccc2c(n1)CCn1c-2nc2c([C@@H](C)N[S+]([O-])C(C)(C)C)cc(F)cc2c1=O. The van der Waals surface area contributed by atoms with Crippen molar-refractivity contribution in [3.8, 4) is 17.3 Å². The molecule has 4 rings (SSSR count). The summed E-state index contributed by atoms with van der Waals surface area (Å²) in [5.74, 6) is 0.500. The lowest BCUT2D eigenvalue weighted by Crippen LogP contribution is -2.40. The molecule has 1 aromatic carbocycles. The Morgan fingerprint density at radius 2 is 1.94 bits per heavy atom. The zero-order valence-corrected chi connectivity index (χ0v) is 20.5. The summed E-state index contributed by atoms with van der Waals surface area (Å²) >= 11 is -1.38. The van der Waals surface area contributed by atoms with Crippen LogP contribution in [0.15, 0.2) is 29.1 Å². The summed E-state index contributed by atoms with van der Waals surface area (Å²) in [6.07, 6.45) is 0.552. The van der Waals surface area contributed by atoms with E-state index in [4.69, 9.17) is 9.72 Å². The third-order valence-electron chi connectivity index (χ3n) is 5.48. The first kappa shape index (κ1) is 23.7. The Morgan fingerprint density at radius 1 is 1.21 bits per heavy atom. The largest absolute Gasteiger partial charge is 0.598 e. The summed E-state index contributed by atoms with van der Waals surface area (Å²) < 4.78 is 37.0. The maximum atomic E-state index is 14.5. The van der Waals surface area contributed by atoms with E-state index in [2.05, 4.69) is 9.71 Å². The van der Waals surface area contributed by atoms with Crippen molar-refractivity contribution in [3.05, 3.63) is 51.7 Å². The van der Waals surface area contributed by atoms with E-state index in [1.165, 1.54) is 12.1 Å². The van der Waals surface area contributed by atoms with Gasteiger partial charge in [-0.15, -0.1) is 4.72 Å². The van der Waals surface area contributed by atoms with Crippen LogP contribution in [0.2, 0.25) is 0 Å². The molecule has 0 spiro atoms. The molecule has 7 nitrogen and oxygen atoms in total. The molecule has 0 aliphatic carbocycles. The molecule has 0 bridgehead atoms. The molecule has 0 saturated heterocycles. The Labute approximate surface area is 195 Å². The van der Waals surface area contributed by atoms with Gasteiger partial charge in [0.05, 0.1) is 28.7 Å². The minimum atomic E-state index is -1.38. The van der Waals surface area contributed by atoms with Crippen molar-refractivity contribution in [2.75, 3.05) is 0 Å². The predicted octanol–water partition coefficient (Wildman–Crippen LogP) is 4.05. The van der Waals surface area contributed by atoms with Crippen molar-refractivity contribution in [1.29, 1.82) is 0 Å². The summed E-state index contributed by atoms with van der Waals surface area (Å²) in [7, 11) is 0. The van der Waals surface area contributed by atoms with E-state index >= 15 is 0 Å². The average molecular weight is 473 g/mol. The fourth-order valence-corrected chi connectivity index (χ4v) is 4.66. The molecule has 1 aliphatic heterocycles. The van der Waals surface area contributed by atoms with Crippen LogP contribution in [-0.4, -0.2) is 29.9 Å². The Hall–Kier alpha value is -2.49. The standard InChI is InChI=1S/C24H29FN4O3S/c1-13(2)32-20-8-7-16-19(26-20)9-10-29-22(16)27-21-17(11-15(25)12-18(21)23(29)30)14(3)28-33(31)24(4,5)6/h7-8,11-14,28H,9-10H2,1-6H3/t14-,33?/m1/s1. The molecule has 3 heterocycles. The van der Waals surface area contributed by atoms with Crippen LogP contribution in [0.3, 0.4) is 0 Å². The van der Waals surface area contributed by atoms with E-state index in [-0.39, 0.29) is 17.0 Å². The number of nitrogens with zero attached hydrogens (tertiary/aromatic N) is 3. The maximum Gasteiger partial charge on any atom is 0.261 e. The minimum absolute atomic E-state index is 0.00112. The molecule has 1 N–H and O–H groups in total. The smallest absolute Gasteiger partial charge is 0.261 e. The Kier molecular flexibility index (Phi) is 6.24. The van der Waals surface area contributed by atoms with E-state index < -0.39 is 28.0 Å². The first-order valence-electron chi connectivity index (χ1n) is 11.0. The van der Waals surface area contributed by atoms with Gasteiger partial charge in [0.15, 0.2) is 0 Å². The molecule has 33 heavy (non-hydrogen) atoms. The Bertz CT molecular complexity index is 1270. The summed E-state index contributed by atoms with van der Waals surface area (Å²) in [5, 5.41) is 0.208. The van der Waals surface area contributed by atoms with E-state index in [0.29, 0.717) is 35.8 Å². The van der Waals surface area contributed by atoms with Crippen LogP contribution in [-0.2, 0) is 24.3 Å². The van der Waals surface area contributed by atoms with Crippen molar-refractivity contribution >= 4 is 22.3 Å². The third-order valence-corrected chi connectivity index (χ3v) is 7.16. The molecule has 176 valence electrons. The number of ether oxygens (including phenoxy) is 1. The van der Waals surface area contributed by atoms with Gasteiger partial charge in [0.2, 0.25) is 5.88 Å². The van der Waals surface area contributed by atoms with E-state index in [1.807, 2.05) is 40.7 Å². The zero-order chi connectivity index (χ0) is 24.1. The predicted molar refractivity (Wildman–Crippen MR) is 128 cm³/mol. The number of aryl methyl sites for hydroxylation is 1. The number of pyridine rings is 1.